The molecule has 1 aliphatic rings. The summed E-state index contributed by atoms with van der Waals surface area (Å²) in [5.74, 6) is 0.256. The number of Topliss-reactive ketones (excluding diaryl/α,β-unsaturated/α-hetero) is 1. The Bertz CT molecular complexity index is 381. The van der Waals surface area contributed by atoms with E-state index in [9.17, 15) is 4.79 Å². The lowest BCUT2D eigenvalue weighted by atomic mass is 10.0. The number of carbonyl (C=O) groups excluding carboxylic acids is 1. The molecule has 80 valence electrons. The van der Waals surface area contributed by atoms with Gasteiger partial charge in [0.25, 0.3) is 0 Å². The van der Waals surface area contributed by atoms with Crippen molar-refractivity contribution in [1.29, 1.82) is 0 Å². The predicted molar refractivity (Wildman–Crippen MR) is 60.7 cm³/mol. The Morgan fingerprint density at radius 1 is 1.67 bits per heavy atom. The highest BCUT2D eigenvalue weighted by Gasteiger charge is 2.34. The minimum Gasteiger partial charge on any atom is -0.323 e. The highest BCUT2D eigenvalue weighted by atomic mass is 32.2. The number of hydrogen-bond donors (Lipinski definition) is 1. The summed E-state index contributed by atoms with van der Waals surface area (Å²) in [6.07, 6.45) is 5.02. The van der Waals surface area contributed by atoms with Crippen molar-refractivity contribution in [2.75, 3.05) is 0 Å². The molecule has 2 N–H and O–H groups in total. The van der Waals surface area contributed by atoms with Crippen LogP contribution in [-0.4, -0.2) is 16.0 Å². The second-order valence-corrected chi connectivity index (χ2v) is 4.88. The van der Waals surface area contributed by atoms with Gasteiger partial charge in [-0.2, -0.15) is 0 Å². The third-order valence-corrected chi connectivity index (χ3v) is 3.97. The molecule has 2 unspecified atom stereocenters. The lowest BCUT2D eigenvalue weighted by Crippen LogP contribution is -2.27. The highest BCUT2D eigenvalue weighted by molar-refractivity contribution is 8.01. The van der Waals surface area contributed by atoms with Gasteiger partial charge in [0, 0.05) is 23.7 Å². The van der Waals surface area contributed by atoms with E-state index >= 15 is 0 Å². The number of fused-ring (bicyclic) bond motifs is 1. The van der Waals surface area contributed by atoms with E-state index < -0.39 is 0 Å². The van der Waals surface area contributed by atoms with E-state index in [0.29, 0.717) is 6.42 Å². The third kappa shape index (κ3) is 1.92. The molecule has 4 heteroatoms. The number of nitrogens with two attached hydrogens (primary N) is 1. The maximum Gasteiger partial charge on any atom is 0.148 e. The van der Waals surface area contributed by atoms with Crippen LogP contribution >= 0.6 is 11.8 Å². The smallest absolute Gasteiger partial charge is 0.148 e. The fourth-order valence-corrected chi connectivity index (χ4v) is 3.07. The molecule has 1 aliphatic heterocycles. The summed E-state index contributed by atoms with van der Waals surface area (Å²) in [7, 11) is 0. The molecule has 2 heterocycles. The molecule has 2 rings (SSSR count). The molecule has 0 saturated heterocycles. The number of nitrogens with zero attached hydrogens (tertiary/aromatic N) is 1. The van der Waals surface area contributed by atoms with Crippen LogP contribution in [0.5, 0.6) is 0 Å². The van der Waals surface area contributed by atoms with Crippen molar-refractivity contribution in [3.63, 3.8) is 0 Å². The summed E-state index contributed by atoms with van der Waals surface area (Å²) in [6, 6.07) is 1.75. The molecule has 15 heavy (non-hydrogen) atoms. The zero-order valence-corrected chi connectivity index (χ0v) is 9.46. The van der Waals surface area contributed by atoms with E-state index in [1.165, 1.54) is 0 Å². The summed E-state index contributed by atoms with van der Waals surface area (Å²) in [6.45, 7) is 2.01. The van der Waals surface area contributed by atoms with Crippen molar-refractivity contribution in [3.05, 3.63) is 24.0 Å². The molecule has 0 radical (unpaired) electrons. The first-order chi connectivity index (χ1) is 7.24. The predicted octanol–water partition coefficient (Wildman–Crippen LogP) is 1.92. The Hall–Kier alpha value is -0.870. The number of aromatic nitrogens is 1. The minimum absolute atomic E-state index is 0.107. The second kappa shape index (κ2) is 4.33. The van der Waals surface area contributed by atoms with Gasteiger partial charge in [-0.1, -0.05) is 6.92 Å². The highest BCUT2D eigenvalue weighted by Crippen LogP contribution is 2.42. The quantitative estimate of drug-likeness (QED) is 0.849. The molecule has 0 fully saturated rings. The average molecular weight is 222 g/mol. The first kappa shape index (κ1) is 10.6. The summed E-state index contributed by atoms with van der Waals surface area (Å²) in [5.41, 5.74) is 7.11. The largest absolute Gasteiger partial charge is 0.323 e. The van der Waals surface area contributed by atoms with Gasteiger partial charge in [-0.05, 0) is 18.1 Å². The molecule has 0 aromatic carbocycles. The lowest BCUT2D eigenvalue weighted by molar-refractivity contribution is -0.118. The van der Waals surface area contributed by atoms with Crippen molar-refractivity contribution in [2.45, 2.75) is 36.0 Å². The second-order valence-electron chi connectivity index (χ2n) is 3.69. The molecule has 1 aromatic rings. The van der Waals surface area contributed by atoms with Gasteiger partial charge >= 0.3 is 0 Å². The van der Waals surface area contributed by atoms with Crippen molar-refractivity contribution in [1.82, 2.24) is 4.98 Å². The van der Waals surface area contributed by atoms with Gasteiger partial charge in [-0.3, -0.25) is 9.78 Å². The minimum atomic E-state index is -0.160. The fourth-order valence-electron chi connectivity index (χ4n) is 1.79. The summed E-state index contributed by atoms with van der Waals surface area (Å²) in [5, 5.41) is -0.107. The van der Waals surface area contributed by atoms with Crippen molar-refractivity contribution >= 4 is 17.5 Å². The van der Waals surface area contributed by atoms with Crippen LogP contribution in [0.15, 0.2) is 23.4 Å². The zero-order chi connectivity index (χ0) is 10.8. The van der Waals surface area contributed by atoms with E-state index in [1.54, 1.807) is 24.2 Å². The molecule has 0 aliphatic carbocycles. The number of hydrogen-bond acceptors (Lipinski definition) is 4. The van der Waals surface area contributed by atoms with Crippen molar-refractivity contribution in [3.8, 4) is 0 Å². The first-order valence-corrected chi connectivity index (χ1v) is 6.01. The average Bonchev–Trinajstić information content (AvgIpc) is 2.57. The Morgan fingerprint density at radius 2 is 2.47 bits per heavy atom. The number of ketones is 1. The van der Waals surface area contributed by atoms with Crippen LogP contribution in [0.4, 0.5) is 0 Å². The maximum atomic E-state index is 11.8. The van der Waals surface area contributed by atoms with Crippen LogP contribution in [0, 0.1) is 0 Å². The van der Waals surface area contributed by atoms with Crippen LogP contribution in [0.2, 0.25) is 0 Å². The van der Waals surface area contributed by atoms with E-state index in [4.69, 9.17) is 5.73 Å². The zero-order valence-electron chi connectivity index (χ0n) is 8.64. The molecular weight excluding hydrogens is 208 g/mol. The van der Waals surface area contributed by atoms with Gasteiger partial charge in [0.05, 0.1) is 11.3 Å². The van der Waals surface area contributed by atoms with Crippen LogP contribution in [0.25, 0.3) is 0 Å². The summed E-state index contributed by atoms with van der Waals surface area (Å²) in [4.78, 5) is 16.9. The summed E-state index contributed by atoms with van der Waals surface area (Å²) < 4.78 is 0. The molecule has 2 atom stereocenters. The normalized spacial score (nSPS) is 23.9. The summed E-state index contributed by atoms with van der Waals surface area (Å²) >= 11 is 1.56. The van der Waals surface area contributed by atoms with Gasteiger partial charge in [0.2, 0.25) is 0 Å². The molecule has 0 spiro atoms. The lowest BCUT2D eigenvalue weighted by Gasteiger charge is -2.12. The van der Waals surface area contributed by atoms with E-state index in [0.717, 1.165) is 16.9 Å². The first-order valence-electron chi connectivity index (χ1n) is 5.13. The van der Waals surface area contributed by atoms with Gasteiger partial charge in [0.15, 0.2) is 0 Å². The van der Waals surface area contributed by atoms with Crippen molar-refractivity contribution < 1.29 is 4.79 Å². The van der Waals surface area contributed by atoms with E-state index in [-0.39, 0.29) is 17.1 Å². The number of pyridine rings is 1. The Kier molecular flexibility index (Phi) is 3.07. The van der Waals surface area contributed by atoms with Crippen LogP contribution in [-0.2, 0) is 4.79 Å². The van der Waals surface area contributed by atoms with Crippen molar-refractivity contribution in [2.24, 2.45) is 5.73 Å². The maximum absolute atomic E-state index is 11.8. The van der Waals surface area contributed by atoms with Gasteiger partial charge in [-0.25, -0.2) is 0 Å². The standard InChI is InChI=1S/C11H14N2OS/c1-2-3-8(14)11-10(12)7-4-5-13-6-9(7)15-11/h4-6,10-11H,2-3,12H2,1H3. The Morgan fingerprint density at radius 3 is 3.13 bits per heavy atom. The Balaban J connectivity index is 2.19. The molecule has 0 saturated carbocycles. The number of carbonyl (C=O) groups is 1. The molecule has 1 aromatic heterocycles. The topological polar surface area (TPSA) is 56.0 Å². The SMILES string of the molecule is CCCC(=O)C1Sc2cnccc2C1N. The van der Waals surface area contributed by atoms with Crippen LogP contribution in [0.1, 0.15) is 31.4 Å². The van der Waals surface area contributed by atoms with Gasteiger partial charge in [0.1, 0.15) is 5.78 Å². The van der Waals surface area contributed by atoms with Crippen LogP contribution in [0.3, 0.4) is 0 Å². The van der Waals surface area contributed by atoms with Gasteiger partial charge < -0.3 is 5.73 Å². The Labute approximate surface area is 93.5 Å². The van der Waals surface area contributed by atoms with Gasteiger partial charge in [-0.15, -0.1) is 11.8 Å². The molecular formula is C11H14N2OS. The fraction of sp³-hybridized carbons (Fsp3) is 0.455. The molecule has 0 amide bonds. The molecule has 3 nitrogen and oxygen atoms in total. The number of thioether (sulfide) groups is 1. The van der Waals surface area contributed by atoms with E-state index in [2.05, 4.69) is 4.98 Å². The third-order valence-electron chi connectivity index (χ3n) is 2.57. The molecule has 0 bridgehead atoms. The van der Waals surface area contributed by atoms with Crippen LogP contribution < -0.4 is 5.73 Å². The monoisotopic (exact) mass is 222 g/mol. The van der Waals surface area contributed by atoms with E-state index in [1.807, 2.05) is 13.0 Å². The number of rotatable bonds is 3.